The van der Waals surface area contributed by atoms with Crippen LogP contribution in [0.4, 0.5) is 0 Å². The summed E-state index contributed by atoms with van der Waals surface area (Å²) in [6, 6.07) is 18.6. The summed E-state index contributed by atoms with van der Waals surface area (Å²) < 4.78 is 11.5. The highest BCUT2D eigenvalue weighted by Gasteiger charge is 2.28. The smallest absolute Gasteiger partial charge is 0.278 e. The number of ether oxygens (including phenoxy) is 2. The molecule has 1 aliphatic rings. The molecule has 5 nitrogen and oxygen atoms in total. The molecule has 2 aromatic rings. The minimum atomic E-state index is -0.432. The third kappa shape index (κ3) is 5.76. The molecule has 28 heavy (non-hydrogen) atoms. The van der Waals surface area contributed by atoms with Crippen LogP contribution in [0, 0.1) is 0 Å². The Morgan fingerprint density at radius 1 is 1.14 bits per heavy atom. The third-order valence-electron chi connectivity index (χ3n) is 4.56. The quantitative estimate of drug-likeness (QED) is 0.478. The van der Waals surface area contributed by atoms with Crippen molar-refractivity contribution in [2.24, 2.45) is 0 Å². The van der Waals surface area contributed by atoms with Crippen molar-refractivity contribution in [3.8, 4) is 0 Å². The summed E-state index contributed by atoms with van der Waals surface area (Å²) in [4.78, 5) is 19.1. The van der Waals surface area contributed by atoms with Crippen molar-refractivity contribution in [2.75, 3.05) is 13.2 Å². The van der Waals surface area contributed by atoms with Gasteiger partial charge in [-0.05, 0) is 30.5 Å². The second-order valence-corrected chi connectivity index (χ2v) is 6.70. The van der Waals surface area contributed by atoms with Crippen LogP contribution in [-0.2, 0) is 20.9 Å². The maximum Gasteiger partial charge on any atom is 0.278 e. The zero-order valence-electron chi connectivity index (χ0n) is 16.0. The average molecular weight is 381 g/mol. The fourth-order valence-electron chi connectivity index (χ4n) is 3.01. The Morgan fingerprint density at radius 2 is 1.86 bits per heavy atom. The van der Waals surface area contributed by atoms with E-state index < -0.39 is 12.3 Å². The van der Waals surface area contributed by atoms with Crippen LogP contribution in [0.5, 0.6) is 0 Å². The lowest BCUT2D eigenvalue weighted by atomic mass is 10.2. The predicted molar refractivity (Wildman–Crippen MR) is 107 cm³/mol. The minimum absolute atomic E-state index is 0.233. The molecule has 1 heterocycles. The molecular weight excluding hydrogens is 354 g/mol. The maximum atomic E-state index is 13.1. The van der Waals surface area contributed by atoms with Gasteiger partial charge in [0.15, 0.2) is 6.29 Å². The van der Waals surface area contributed by atoms with Crippen molar-refractivity contribution in [3.63, 3.8) is 0 Å². The number of hydrogen-bond donors (Lipinski definition) is 0. The summed E-state index contributed by atoms with van der Waals surface area (Å²) in [6.07, 6.45) is 4.03. The molecule has 0 bridgehead atoms. The van der Waals surface area contributed by atoms with Gasteiger partial charge >= 0.3 is 0 Å². The molecule has 0 radical (unpaired) electrons. The van der Waals surface area contributed by atoms with Gasteiger partial charge in [0.2, 0.25) is 0 Å². The lowest BCUT2D eigenvalue weighted by molar-refractivity contribution is -0.278. The van der Waals surface area contributed by atoms with E-state index in [-0.39, 0.29) is 12.5 Å². The van der Waals surface area contributed by atoms with E-state index in [1.54, 1.807) is 18.2 Å². The fourth-order valence-corrected chi connectivity index (χ4v) is 3.01. The lowest BCUT2D eigenvalue weighted by Crippen LogP contribution is -2.45. The summed E-state index contributed by atoms with van der Waals surface area (Å²) in [5, 5.41) is 1.35. The number of rotatable bonds is 9. The van der Waals surface area contributed by atoms with E-state index in [2.05, 4.69) is 6.58 Å². The van der Waals surface area contributed by atoms with E-state index >= 15 is 0 Å². The number of hydroxylamine groups is 2. The highest BCUT2D eigenvalue weighted by atomic mass is 16.8. The molecule has 0 saturated carbocycles. The first kappa shape index (κ1) is 20.3. The van der Waals surface area contributed by atoms with Crippen molar-refractivity contribution < 1.29 is 19.1 Å². The van der Waals surface area contributed by atoms with Crippen molar-refractivity contribution in [1.82, 2.24) is 5.06 Å². The Bertz CT molecular complexity index is 729. The Balaban J connectivity index is 1.69. The van der Waals surface area contributed by atoms with Gasteiger partial charge in [-0.2, -0.15) is 0 Å². The van der Waals surface area contributed by atoms with E-state index in [0.717, 1.165) is 24.8 Å². The molecule has 0 N–H and O–H groups in total. The number of carbonyl (C=O) groups is 1. The molecule has 1 aliphatic heterocycles. The second-order valence-electron chi connectivity index (χ2n) is 6.70. The van der Waals surface area contributed by atoms with Crippen molar-refractivity contribution >= 4 is 5.91 Å². The summed E-state index contributed by atoms with van der Waals surface area (Å²) in [5.41, 5.74) is 1.62. The molecule has 2 atom stereocenters. The number of carbonyl (C=O) groups excluding carboxylic acids is 1. The Kier molecular flexibility index (Phi) is 7.79. The van der Waals surface area contributed by atoms with Gasteiger partial charge in [-0.1, -0.05) is 54.6 Å². The first-order chi connectivity index (χ1) is 13.8. The van der Waals surface area contributed by atoms with E-state index in [1.807, 2.05) is 48.5 Å². The maximum absolute atomic E-state index is 13.1. The molecule has 1 amide bonds. The Morgan fingerprint density at radius 3 is 2.50 bits per heavy atom. The first-order valence-electron chi connectivity index (χ1n) is 9.69. The molecule has 5 heteroatoms. The normalized spacial score (nSPS) is 17.6. The zero-order chi connectivity index (χ0) is 19.6. The monoisotopic (exact) mass is 381 g/mol. The van der Waals surface area contributed by atoms with Crippen molar-refractivity contribution in [3.05, 3.63) is 84.4 Å². The summed E-state index contributed by atoms with van der Waals surface area (Å²) in [5.74, 6) is -0.233. The highest BCUT2D eigenvalue weighted by Crippen LogP contribution is 2.19. The lowest BCUT2D eigenvalue weighted by Gasteiger charge is -2.33. The second kappa shape index (κ2) is 10.8. The number of benzene rings is 2. The third-order valence-corrected chi connectivity index (χ3v) is 4.56. The topological polar surface area (TPSA) is 48.0 Å². The average Bonchev–Trinajstić information content (AvgIpc) is 2.77. The summed E-state index contributed by atoms with van der Waals surface area (Å²) in [6.45, 7) is 5.26. The van der Waals surface area contributed by atoms with Gasteiger partial charge in [0.25, 0.3) is 5.91 Å². The van der Waals surface area contributed by atoms with Crippen LogP contribution in [0.3, 0.4) is 0 Å². The molecule has 2 aromatic carbocycles. The Labute approximate surface area is 166 Å². The Hall–Kier alpha value is -2.47. The molecule has 0 spiro atoms. The molecule has 3 rings (SSSR count). The molecule has 148 valence electrons. The van der Waals surface area contributed by atoms with Gasteiger partial charge in [0, 0.05) is 18.6 Å². The first-order valence-corrected chi connectivity index (χ1v) is 9.69. The van der Waals surface area contributed by atoms with Crippen molar-refractivity contribution in [2.45, 2.75) is 38.2 Å². The van der Waals surface area contributed by atoms with Gasteiger partial charge in [-0.15, -0.1) is 6.58 Å². The van der Waals surface area contributed by atoms with Gasteiger partial charge in [0.1, 0.15) is 6.04 Å². The molecule has 0 aliphatic carbocycles. The highest BCUT2D eigenvalue weighted by molar-refractivity contribution is 5.93. The number of amides is 1. The summed E-state index contributed by atoms with van der Waals surface area (Å²) in [7, 11) is 0. The molecule has 2 unspecified atom stereocenters. The van der Waals surface area contributed by atoms with Crippen LogP contribution < -0.4 is 0 Å². The van der Waals surface area contributed by atoms with Crippen LogP contribution in [0.2, 0.25) is 0 Å². The van der Waals surface area contributed by atoms with Gasteiger partial charge in [0.05, 0.1) is 13.2 Å². The predicted octanol–water partition coefficient (Wildman–Crippen LogP) is 4.36. The van der Waals surface area contributed by atoms with Gasteiger partial charge in [-0.3, -0.25) is 4.79 Å². The van der Waals surface area contributed by atoms with Gasteiger partial charge < -0.3 is 9.47 Å². The van der Waals surface area contributed by atoms with Crippen LogP contribution in [0.25, 0.3) is 0 Å². The molecule has 0 aromatic heterocycles. The van der Waals surface area contributed by atoms with E-state index in [9.17, 15) is 4.79 Å². The SMILES string of the molecule is C=CC(COCc1ccccc1)N(OC1CCCCO1)C(=O)c1ccccc1. The molecule has 1 saturated heterocycles. The minimum Gasteiger partial charge on any atom is -0.374 e. The van der Waals surface area contributed by atoms with E-state index in [1.165, 1.54) is 5.06 Å². The molecular formula is C23H27NO4. The van der Waals surface area contributed by atoms with Crippen LogP contribution in [0.1, 0.15) is 35.2 Å². The number of hydrogen-bond acceptors (Lipinski definition) is 4. The zero-order valence-corrected chi connectivity index (χ0v) is 16.0. The van der Waals surface area contributed by atoms with Gasteiger partial charge in [-0.25, -0.2) is 9.90 Å². The molecule has 1 fully saturated rings. The standard InChI is InChI=1S/C23H27NO4/c1-2-21(18-26-17-19-11-5-3-6-12-19)24(28-22-15-9-10-16-27-22)23(25)20-13-7-4-8-14-20/h2-8,11-14,21-22H,1,9-10,15-18H2. The van der Waals surface area contributed by atoms with Crippen molar-refractivity contribution in [1.29, 1.82) is 0 Å². The van der Waals surface area contributed by atoms with E-state index in [0.29, 0.717) is 18.8 Å². The van der Waals surface area contributed by atoms with Crippen LogP contribution in [0.15, 0.2) is 73.3 Å². The van der Waals surface area contributed by atoms with Crippen LogP contribution >= 0.6 is 0 Å². The largest absolute Gasteiger partial charge is 0.374 e. The number of nitrogens with zero attached hydrogens (tertiary/aromatic N) is 1. The van der Waals surface area contributed by atoms with Crippen LogP contribution in [-0.4, -0.2) is 36.5 Å². The fraction of sp³-hybridized carbons (Fsp3) is 0.348. The van der Waals surface area contributed by atoms with E-state index in [4.69, 9.17) is 14.3 Å². The summed E-state index contributed by atoms with van der Waals surface area (Å²) >= 11 is 0.